The molecule has 4 aromatic rings. The van der Waals surface area contributed by atoms with E-state index in [0.717, 1.165) is 59.8 Å². The molecule has 1 unspecified atom stereocenters. The maximum atomic E-state index is 13.2. The molecule has 38 heavy (non-hydrogen) atoms. The Labute approximate surface area is 223 Å². The van der Waals surface area contributed by atoms with Gasteiger partial charge in [-0.2, -0.15) is 0 Å². The number of hydrogen-bond acceptors (Lipinski definition) is 6. The SMILES string of the molecule is CCN(CC)c1ccc2c(c1)Oc1ccc(N(C)CCc3ccccn3)cc1C21OC(=O)c2ccccc21. The highest BCUT2D eigenvalue weighted by Gasteiger charge is 2.53. The first-order valence-electron chi connectivity index (χ1n) is 13.2. The van der Waals surface area contributed by atoms with Crippen molar-refractivity contribution in [2.45, 2.75) is 25.9 Å². The van der Waals surface area contributed by atoms with Crippen molar-refractivity contribution in [3.63, 3.8) is 0 Å². The molecule has 0 bridgehead atoms. The van der Waals surface area contributed by atoms with Gasteiger partial charge in [-0.15, -0.1) is 0 Å². The molecule has 6 rings (SSSR count). The Kier molecular flexibility index (Phi) is 6.03. The molecule has 1 atom stereocenters. The average Bonchev–Trinajstić information content (AvgIpc) is 3.25. The number of hydrogen-bond donors (Lipinski definition) is 0. The fourth-order valence-corrected chi connectivity index (χ4v) is 5.63. The third-order valence-corrected chi connectivity index (χ3v) is 7.68. The molecule has 1 aromatic heterocycles. The number of ether oxygens (including phenoxy) is 2. The van der Waals surface area contributed by atoms with Crippen LogP contribution < -0.4 is 14.5 Å². The second-order valence-electron chi connectivity index (χ2n) is 9.74. The maximum absolute atomic E-state index is 13.2. The molecule has 0 N–H and O–H groups in total. The van der Waals surface area contributed by atoms with Crippen molar-refractivity contribution in [1.29, 1.82) is 0 Å². The lowest BCUT2D eigenvalue weighted by Gasteiger charge is -2.38. The lowest BCUT2D eigenvalue weighted by molar-refractivity contribution is 0.0224. The Morgan fingerprint density at radius 2 is 1.61 bits per heavy atom. The van der Waals surface area contributed by atoms with E-state index in [-0.39, 0.29) is 5.97 Å². The highest BCUT2D eigenvalue weighted by atomic mass is 16.6. The van der Waals surface area contributed by atoms with Gasteiger partial charge in [-0.25, -0.2) is 4.79 Å². The van der Waals surface area contributed by atoms with Crippen LogP contribution in [0.4, 0.5) is 11.4 Å². The first-order chi connectivity index (χ1) is 18.5. The molecule has 1 spiro atoms. The predicted octanol–water partition coefficient (Wildman–Crippen LogP) is 6.17. The number of carbonyl (C=O) groups is 1. The second-order valence-corrected chi connectivity index (χ2v) is 9.74. The summed E-state index contributed by atoms with van der Waals surface area (Å²) >= 11 is 0. The molecular formula is C32H31N3O3. The molecular weight excluding hydrogens is 474 g/mol. The highest BCUT2D eigenvalue weighted by molar-refractivity contribution is 5.97. The van der Waals surface area contributed by atoms with Crippen molar-refractivity contribution in [2.75, 3.05) is 36.5 Å². The first kappa shape index (κ1) is 24.0. The Balaban J connectivity index is 1.46. The molecule has 0 aliphatic carbocycles. The van der Waals surface area contributed by atoms with Gasteiger partial charge in [-0.05, 0) is 62.4 Å². The third-order valence-electron chi connectivity index (χ3n) is 7.68. The quantitative estimate of drug-likeness (QED) is 0.280. The predicted molar refractivity (Wildman–Crippen MR) is 149 cm³/mol. The number of fused-ring (bicyclic) bond motifs is 6. The zero-order valence-corrected chi connectivity index (χ0v) is 22.0. The number of carbonyl (C=O) groups excluding carboxylic acids is 1. The van der Waals surface area contributed by atoms with Gasteiger partial charge in [0.15, 0.2) is 5.60 Å². The molecule has 3 aromatic carbocycles. The standard InChI is InChI=1S/C32H31N3O3/c1-4-35(5-2)24-13-15-27-30(21-24)37-29-16-14-23(34(3)19-17-22-10-8-9-18-33-22)20-28(29)32(27)26-12-7-6-11-25(26)31(36)38-32/h6-16,18,20-21H,4-5,17,19H2,1-3H3. The largest absolute Gasteiger partial charge is 0.456 e. The summed E-state index contributed by atoms with van der Waals surface area (Å²) in [5.41, 5.74) is 5.19. The third kappa shape index (κ3) is 3.79. The molecule has 2 aliphatic rings. The smallest absolute Gasteiger partial charge is 0.340 e. The lowest BCUT2D eigenvalue weighted by atomic mass is 9.77. The van der Waals surface area contributed by atoms with E-state index in [0.29, 0.717) is 17.1 Å². The number of likely N-dealkylation sites (N-methyl/N-ethyl adjacent to an activating group) is 1. The van der Waals surface area contributed by atoms with Crippen LogP contribution in [0.1, 0.15) is 46.6 Å². The summed E-state index contributed by atoms with van der Waals surface area (Å²) in [5.74, 6) is 1.09. The Hall–Kier alpha value is -4.32. The van der Waals surface area contributed by atoms with Crippen LogP contribution in [0.15, 0.2) is 85.1 Å². The van der Waals surface area contributed by atoms with Crippen molar-refractivity contribution < 1.29 is 14.3 Å². The maximum Gasteiger partial charge on any atom is 0.340 e. The van der Waals surface area contributed by atoms with Crippen LogP contribution in [-0.4, -0.2) is 37.6 Å². The number of aromatic nitrogens is 1. The summed E-state index contributed by atoms with van der Waals surface area (Å²) in [6, 6.07) is 26.0. The van der Waals surface area contributed by atoms with E-state index >= 15 is 0 Å². The minimum atomic E-state index is -1.07. The fourth-order valence-electron chi connectivity index (χ4n) is 5.63. The number of benzene rings is 3. The monoisotopic (exact) mass is 505 g/mol. The molecule has 0 saturated carbocycles. The van der Waals surface area contributed by atoms with E-state index in [1.54, 1.807) is 0 Å². The van der Waals surface area contributed by atoms with Gasteiger partial charge in [-0.1, -0.05) is 24.3 Å². The Morgan fingerprint density at radius 3 is 2.39 bits per heavy atom. The van der Waals surface area contributed by atoms with Gasteiger partial charge < -0.3 is 19.3 Å². The van der Waals surface area contributed by atoms with Crippen LogP contribution in [0.3, 0.4) is 0 Å². The highest BCUT2D eigenvalue weighted by Crippen LogP contribution is 2.57. The van der Waals surface area contributed by atoms with Gasteiger partial charge >= 0.3 is 5.97 Å². The molecule has 2 aliphatic heterocycles. The van der Waals surface area contributed by atoms with Crippen LogP contribution in [0.5, 0.6) is 11.5 Å². The van der Waals surface area contributed by atoms with E-state index in [2.05, 4.69) is 66.0 Å². The van der Waals surface area contributed by atoms with Crippen LogP contribution in [-0.2, 0) is 16.8 Å². The van der Waals surface area contributed by atoms with Gasteiger partial charge in [-0.3, -0.25) is 4.98 Å². The number of pyridine rings is 1. The van der Waals surface area contributed by atoms with Gasteiger partial charge in [0.25, 0.3) is 0 Å². The van der Waals surface area contributed by atoms with Crippen molar-refractivity contribution in [3.8, 4) is 11.5 Å². The molecule has 0 saturated heterocycles. The summed E-state index contributed by atoms with van der Waals surface area (Å²) in [7, 11) is 2.07. The number of rotatable bonds is 7. The summed E-state index contributed by atoms with van der Waals surface area (Å²) in [4.78, 5) is 22.1. The second kappa shape index (κ2) is 9.53. The molecule has 0 amide bonds. The van der Waals surface area contributed by atoms with Crippen LogP contribution >= 0.6 is 0 Å². The fraction of sp³-hybridized carbons (Fsp3) is 0.250. The molecule has 0 radical (unpaired) electrons. The summed E-state index contributed by atoms with van der Waals surface area (Å²) in [6.45, 7) is 6.86. The minimum absolute atomic E-state index is 0.318. The average molecular weight is 506 g/mol. The van der Waals surface area contributed by atoms with E-state index in [1.165, 1.54) is 0 Å². The molecule has 6 nitrogen and oxygen atoms in total. The zero-order chi connectivity index (χ0) is 26.3. The topological polar surface area (TPSA) is 54.9 Å². The Bertz CT molecular complexity index is 1500. The van der Waals surface area contributed by atoms with E-state index in [1.807, 2.05) is 54.7 Å². The summed E-state index contributed by atoms with van der Waals surface area (Å²) in [6.07, 6.45) is 2.65. The van der Waals surface area contributed by atoms with Crippen LogP contribution in [0.25, 0.3) is 0 Å². The van der Waals surface area contributed by atoms with Gasteiger partial charge in [0, 0.05) is 79.1 Å². The normalized spacial score (nSPS) is 16.8. The minimum Gasteiger partial charge on any atom is -0.456 e. The van der Waals surface area contributed by atoms with Crippen molar-refractivity contribution in [2.24, 2.45) is 0 Å². The summed E-state index contributed by atoms with van der Waals surface area (Å²) in [5, 5.41) is 0. The molecule has 6 heteroatoms. The molecule has 3 heterocycles. The van der Waals surface area contributed by atoms with Crippen LogP contribution in [0.2, 0.25) is 0 Å². The number of esters is 1. The first-order valence-corrected chi connectivity index (χ1v) is 13.2. The van der Waals surface area contributed by atoms with Crippen molar-refractivity contribution in [3.05, 3.63) is 113 Å². The number of nitrogens with zero attached hydrogens (tertiary/aromatic N) is 3. The van der Waals surface area contributed by atoms with Gasteiger partial charge in [0.1, 0.15) is 11.5 Å². The lowest BCUT2D eigenvalue weighted by Crippen LogP contribution is -2.34. The summed E-state index contributed by atoms with van der Waals surface area (Å²) < 4.78 is 12.9. The van der Waals surface area contributed by atoms with E-state index in [4.69, 9.17) is 9.47 Å². The molecule has 192 valence electrons. The van der Waals surface area contributed by atoms with Crippen LogP contribution in [0, 0.1) is 0 Å². The molecule has 0 fully saturated rings. The number of anilines is 2. The zero-order valence-electron chi connectivity index (χ0n) is 22.0. The van der Waals surface area contributed by atoms with Crippen molar-refractivity contribution in [1.82, 2.24) is 4.98 Å². The van der Waals surface area contributed by atoms with Gasteiger partial charge in [0.05, 0.1) is 5.56 Å². The van der Waals surface area contributed by atoms with Gasteiger partial charge in [0.2, 0.25) is 0 Å². The van der Waals surface area contributed by atoms with Crippen molar-refractivity contribution >= 4 is 17.3 Å². The van der Waals surface area contributed by atoms with E-state index < -0.39 is 5.60 Å². The van der Waals surface area contributed by atoms with E-state index in [9.17, 15) is 4.79 Å². The Morgan fingerprint density at radius 1 is 0.816 bits per heavy atom.